The number of carbonyl (C=O) groups excluding carboxylic acids is 1. The zero-order valence-corrected chi connectivity index (χ0v) is 17.3. The van der Waals surface area contributed by atoms with E-state index in [0.29, 0.717) is 29.5 Å². The van der Waals surface area contributed by atoms with Gasteiger partial charge in [-0.3, -0.25) is 9.78 Å². The van der Waals surface area contributed by atoms with Gasteiger partial charge in [0.2, 0.25) is 5.88 Å². The van der Waals surface area contributed by atoms with Gasteiger partial charge < -0.3 is 4.74 Å². The summed E-state index contributed by atoms with van der Waals surface area (Å²) < 4.78 is 44.0. The number of hydrogen-bond donors (Lipinski definition) is 0. The van der Waals surface area contributed by atoms with Gasteiger partial charge >= 0.3 is 6.18 Å². The first-order chi connectivity index (χ1) is 14.3. The molecule has 2 aromatic heterocycles. The minimum Gasteiger partial charge on any atom is -0.481 e. The Morgan fingerprint density at radius 3 is 2.47 bits per heavy atom. The highest BCUT2D eigenvalue weighted by Crippen LogP contribution is 2.41. The number of halogens is 3. The van der Waals surface area contributed by atoms with E-state index in [9.17, 15) is 18.0 Å². The number of aromatic nitrogens is 2. The van der Waals surface area contributed by atoms with E-state index >= 15 is 0 Å². The number of rotatable bonds is 7. The Balaban J connectivity index is 1.59. The number of Topliss-reactive ketones (excluding diaryl/α,β-unsaturated/α-hetero) is 1. The molecule has 0 spiro atoms. The normalized spacial score (nSPS) is 20.6. The number of nitrogens with zero attached hydrogens (tertiary/aromatic N) is 2. The van der Waals surface area contributed by atoms with Gasteiger partial charge in [0.15, 0.2) is 5.78 Å². The SMILES string of the molecule is CC[C@@H](CC(=O)c1ccc(OC)nc1)C1CCC(c2cc(C(F)(F)F)ccn2)CC1. The van der Waals surface area contributed by atoms with Gasteiger partial charge in [0.05, 0.1) is 12.7 Å². The second-order valence-corrected chi connectivity index (χ2v) is 7.96. The maximum Gasteiger partial charge on any atom is 0.416 e. The Morgan fingerprint density at radius 1 is 1.17 bits per heavy atom. The molecule has 1 aliphatic carbocycles. The Morgan fingerprint density at radius 2 is 1.90 bits per heavy atom. The largest absolute Gasteiger partial charge is 0.481 e. The molecule has 0 bridgehead atoms. The van der Waals surface area contributed by atoms with Crippen molar-refractivity contribution >= 4 is 5.78 Å². The van der Waals surface area contributed by atoms with E-state index in [1.54, 1.807) is 18.3 Å². The van der Waals surface area contributed by atoms with Gasteiger partial charge in [0, 0.05) is 42.1 Å². The van der Waals surface area contributed by atoms with Crippen LogP contribution in [0.25, 0.3) is 0 Å². The molecular formula is C23H27F3N2O2. The summed E-state index contributed by atoms with van der Waals surface area (Å²) >= 11 is 0. The van der Waals surface area contributed by atoms with Gasteiger partial charge in [-0.05, 0) is 55.7 Å². The quantitative estimate of drug-likeness (QED) is 0.510. The first kappa shape index (κ1) is 22.2. The van der Waals surface area contributed by atoms with Gasteiger partial charge in [-0.15, -0.1) is 0 Å². The highest BCUT2D eigenvalue weighted by molar-refractivity contribution is 5.95. The summed E-state index contributed by atoms with van der Waals surface area (Å²) in [7, 11) is 1.53. The first-order valence-corrected chi connectivity index (χ1v) is 10.4. The molecule has 1 fully saturated rings. The van der Waals surface area contributed by atoms with E-state index in [-0.39, 0.29) is 17.6 Å². The lowest BCUT2D eigenvalue weighted by molar-refractivity contribution is -0.137. The van der Waals surface area contributed by atoms with Gasteiger partial charge in [0.1, 0.15) is 0 Å². The molecule has 0 unspecified atom stereocenters. The molecule has 3 rings (SSSR count). The Bertz CT molecular complexity index is 844. The van der Waals surface area contributed by atoms with Crippen molar-refractivity contribution in [3.8, 4) is 5.88 Å². The molecule has 0 aliphatic heterocycles. The zero-order valence-electron chi connectivity index (χ0n) is 17.3. The average Bonchev–Trinajstić information content (AvgIpc) is 2.77. The van der Waals surface area contributed by atoms with E-state index in [4.69, 9.17) is 4.74 Å². The summed E-state index contributed by atoms with van der Waals surface area (Å²) in [6.45, 7) is 2.09. The van der Waals surface area contributed by atoms with Crippen LogP contribution < -0.4 is 4.74 Å². The lowest BCUT2D eigenvalue weighted by atomic mass is 9.72. The van der Waals surface area contributed by atoms with E-state index in [1.807, 2.05) is 0 Å². The van der Waals surface area contributed by atoms with E-state index < -0.39 is 11.7 Å². The van der Waals surface area contributed by atoms with Crippen LogP contribution in [0.5, 0.6) is 5.88 Å². The van der Waals surface area contributed by atoms with E-state index in [0.717, 1.165) is 38.2 Å². The standard InChI is InChI=1S/C23H27F3N2O2/c1-3-15(12-21(29)18-8-9-22(30-2)28-14-18)16-4-6-17(7-5-16)20-13-19(10-11-27-20)23(24,25)26/h8-11,13-17H,3-7,12H2,1-2H3/t15-,16?,17?/m0/s1. The fourth-order valence-electron chi connectivity index (χ4n) is 4.40. The Hall–Kier alpha value is -2.44. The number of methoxy groups -OCH3 is 1. The third kappa shape index (κ3) is 5.37. The lowest BCUT2D eigenvalue weighted by Gasteiger charge is -2.33. The molecule has 0 amide bonds. The molecule has 1 saturated carbocycles. The summed E-state index contributed by atoms with van der Waals surface area (Å²) in [4.78, 5) is 21.0. The van der Waals surface area contributed by atoms with Gasteiger partial charge in [-0.2, -0.15) is 13.2 Å². The van der Waals surface area contributed by atoms with Gasteiger partial charge in [-0.25, -0.2) is 4.98 Å². The molecule has 0 saturated heterocycles. The van der Waals surface area contributed by atoms with Crippen LogP contribution in [-0.4, -0.2) is 22.9 Å². The maximum atomic E-state index is 13.0. The van der Waals surface area contributed by atoms with Gasteiger partial charge in [-0.1, -0.05) is 13.3 Å². The third-order valence-corrected chi connectivity index (χ3v) is 6.20. The summed E-state index contributed by atoms with van der Waals surface area (Å²) in [5, 5.41) is 0. The number of alkyl halides is 3. The van der Waals surface area contributed by atoms with E-state index in [2.05, 4.69) is 16.9 Å². The van der Waals surface area contributed by atoms with Crippen LogP contribution >= 0.6 is 0 Å². The molecule has 1 aliphatic rings. The number of hydrogen-bond acceptors (Lipinski definition) is 4. The van der Waals surface area contributed by atoms with Crippen molar-refractivity contribution in [1.82, 2.24) is 9.97 Å². The van der Waals surface area contributed by atoms with Crippen LogP contribution in [0, 0.1) is 11.8 Å². The van der Waals surface area contributed by atoms with Crippen LogP contribution in [0.3, 0.4) is 0 Å². The van der Waals surface area contributed by atoms with E-state index in [1.165, 1.54) is 19.4 Å². The summed E-state index contributed by atoms with van der Waals surface area (Å²) in [6.07, 6.45) is 3.20. The second-order valence-electron chi connectivity index (χ2n) is 7.96. The predicted molar refractivity (Wildman–Crippen MR) is 107 cm³/mol. The van der Waals surface area contributed by atoms with Crippen LogP contribution in [0.2, 0.25) is 0 Å². The number of ether oxygens (including phenoxy) is 1. The maximum absolute atomic E-state index is 13.0. The van der Waals surface area contributed by atoms with Crippen molar-refractivity contribution in [2.75, 3.05) is 7.11 Å². The molecular weight excluding hydrogens is 393 g/mol. The highest BCUT2D eigenvalue weighted by Gasteiger charge is 2.33. The number of ketones is 1. The van der Waals surface area contributed by atoms with Crippen molar-refractivity contribution < 1.29 is 22.7 Å². The lowest BCUT2D eigenvalue weighted by Crippen LogP contribution is -2.23. The van der Waals surface area contributed by atoms with Crippen molar-refractivity contribution in [2.45, 2.75) is 57.5 Å². The Kier molecular flexibility index (Phi) is 7.10. The molecule has 7 heteroatoms. The van der Waals surface area contributed by atoms with Crippen LogP contribution in [0.15, 0.2) is 36.7 Å². The summed E-state index contributed by atoms with van der Waals surface area (Å²) in [5.41, 5.74) is 0.465. The van der Waals surface area contributed by atoms with Crippen LogP contribution in [0.1, 0.15) is 73.0 Å². The third-order valence-electron chi connectivity index (χ3n) is 6.20. The molecule has 0 radical (unpaired) electrons. The van der Waals surface area contributed by atoms with Crippen molar-refractivity contribution in [1.29, 1.82) is 0 Å². The molecule has 30 heavy (non-hydrogen) atoms. The molecule has 0 N–H and O–H groups in total. The highest BCUT2D eigenvalue weighted by atomic mass is 19.4. The van der Waals surface area contributed by atoms with Crippen molar-refractivity contribution in [2.24, 2.45) is 11.8 Å². The molecule has 2 heterocycles. The Labute approximate surface area is 174 Å². The smallest absolute Gasteiger partial charge is 0.416 e. The van der Waals surface area contributed by atoms with Crippen LogP contribution in [0.4, 0.5) is 13.2 Å². The fourth-order valence-corrected chi connectivity index (χ4v) is 4.40. The van der Waals surface area contributed by atoms with Gasteiger partial charge in [0.25, 0.3) is 0 Å². The molecule has 0 aromatic carbocycles. The molecule has 1 atom stereocenters. The van der Waals surface area contributed by atoms with Crippen LogP contribution in [-0.2, 0) is 6.18 Å². The molecule has 162 valence electrons. The van der Waals surface area contributed by atoms with Crippen molar-refractivity contribution in [3.05, 3.63) is 53.5 Å². The predicted octanol–water partition coefficient (Wildman–Crippen LogP) is 6.08. The summed E-state index contributed by atoms with van der Waals surface area (Å²) in [5.74, 6) is 1.24. The minimum atomic E-state index is -4.35. The number of pyridine rings is 2. The molecule has 2 aromatic rings. The van der Waals surface area contributed by atoms with Crippen molar-refractivity contribution in [3.63, 3.8) is 0 Å². The first-order valence-electron chi connectivity index (χ1n) is 10.4. The average molecular weight is 420 g/mol. The fraction of sp³-hybridized carbons (Fsp3) is 0.522. The molecule has 4 nitrogen and oxygen atoms in total. The minimum absolute atomic E-state index is 0.0440. The summed E-state index contributed by atoms with van der Waals surface area (Å²) in [6, 6.07) is 5.61. The topological polar surface area (TPSA) is 52.1 Å². The second kappa shape index (κ2) is 9.58. The monoisotopic (exact) mass is 420 g/mol. The number of carbonyl (C=O) groups is 1. The zero-order chi connectivity index (χ0) is 21.7.